The van der Waals surface area contributed by atoms with Crippen LogP contribution < -0.4 is 10.6 Å². The minimum Gasteiger partial charge on any atom is -0.392 e. The molecular weight excluding hydrogens is 478 g/mol. The molecule has 38 heavy (non-hydrogen) atoms. The molecule has 0 radical (unpaired) electrons. The Balaban J connectivity index is 1.39. The first kappa shape index (κ1) is 28.3. The van der Waals surface area contributed by atoms with Crippen molar-refractivity contribution in [3.05, 3.63) is 71.3 Å². The number of rotatable bonds is 11. The van der Waals surface area contributed by atoms with Gasteiger partial charge in [0, 0.05) is 31.6 Å². The van der Waals surface area contributed by atoms with Crippen molar-refractivity contribution in [1.82, 2.24) is 15.5 Å². The van der Waals surface area contributed by atoms with Gasteiger partial charge in [0.25, 0.3) is 0 Å². The van der Waals surface area contributed by atoms with Crippen molar-refractivity contribution in [1.29, 1.82) is 0 Å². The number of aliphatic hydroxyl groups excluding tert-OH is 1. The predicted molar refractivity (Wildman–Crippen MR) is 149 cm³/mol. The molecule has 1 saturated heterocycles. The highest BCUT2D eigenvalue weighted by molar-refractivity contribution is 5.88. The topological polar surface area (TPSA) is 90.9 Å². The van der Waals surface area contributed by atoms with E-state index in [-0.39, 0.29) is 30.3 Å². The summed E-state index contributed by atoms with van der Waals surface area (Å²) in [5.41, 5.74) is 3.56. The van der Waals surface area contributed by atoms with Crippen LogP contribution in [0, 0.1) is 0 Å². The highest BCUT2D eigenvalue weighted by Crippen LogP contribution is 2.46. The van der Waals surface area contributed by atoms with Crippen LogP contribution in [0.2, 0.25) is 0 Å². The number of fused-ring (bicyclic) bond motifs is 2. The number of nitrogens with one attached hydrogen (secondary N) is 2. The van der Waals surface area contributed by atoms with Crippen LogP contribution in [-0.4, -0.2) is 65.7 Å². The Kier molecular flexibility index (Phi) is 9.23. The molecule has 0 aromatic heterocycles. The first-order valence-electron chi connectivity index (χ1n) is 13.9. The van der Waals surface area contributed by atoms with Gasteiger partial charge in [-0.3, -0.25) is 9.59 Å². The molecule has 2 aromatic carbocycles. The number of benzene rings is 2. The van der Waals surface area contributed by atoms with Gasteiger partial charge in [0.1, 0.15) is 6.04 Å². The molecule has 0 unspecified atom stereocenters. The molecule has 0 saturated carbocycles. The number of amides is 2. The Morgan fingerprint density at radius 1 is 1.05 bits per heavy atom. The molecule has 2 aliphatic rings. The van der Waals surface area contributed by atoms with E-state index in [9.17, 15) is 14.7 Å². The van der Waals surface area contributed by atoms with E-state index in [2.05, 4.69) is 34.9 Å². The van der Waals surface area contributed by atoms with E-state index in [0.29, 0.717) is 26.2 Å². The first-order valence-corrected chi connectivity index (χ1v) is 13.9. The molecule has 1 heterocycles. The number of piperidine rings is 1. The van der Waals surface area contributed by atoms with Crippen LogP contribution >= 0.6 is 0 Å². The summed E-state index contributed by atoms with van der Waals surface area (Å²) >= 11 is 0. The van der Waals surface area contributed by atoms with Crippen LogP contribution in [0.1, 0.15) is 63.1 Å². The smallest absolute Gasteiger partial charge is 0.247 e. The summed E-state index contributed by atoms with van der Waals surface area (Å²) < 4.78 is 5.93. The quantitative estimate of drug-likeness (QED) is 0.422. The van der Waals surface area contributed by atoms with Crippen LogP contribution in [0.5, 0.6) is 0 Å². The van der Waals surface area contributed by atoms with E-state index in [1.165, 1.54) is 11.1 Å². The van der Waals surface area contributed by atoms with Gasteiger partial charge >= 0.3 is 0 Å². The number of hydrogen-bond donors (Lipinski definition) is 3. The van der Waals surface area contributed by atoms with E-state index in [4.69, 9.17) is 4.74 Å². The summed E-state index contributed by atoms with van der Waals surface area (Å²) in [4.78, 5) is 28.6. The van der Waals surface area contributed by atoms with Gasteiger partial charge in [-0.25, -0.2) is 0 Å². The van der Waals surface area contributed by atoms with Gasteiger partial charge in [-0.05, 0) is 68.6 Å². The minimum atomic E-state index is -0.747. The SMILES string of the molecule is C[C@@H](O)CNC(C)(C)CC(=O)N[C@H](COCc1ccccc1)C(=O)N1CCC2(CCc3ccccc32)CC1. The Labute approximate surface area is 227 Å². The first-order chi connectivity index (χ1) is 18.2. The number of hydrogen-bond acceptors (Lipinski definition) is 5. The van der Waals surface area contributed by atoms with E-state index >= 15 is 0 Å². The largest absolute Gasteiger partial charge is 0.392 e. The number of β-amino-alcohol motifs (C(OH)–C–C–N with tert-alkyl or cyclic N) is 1. The predicted octanol–water partition coefficient (Wildman–Crippen LogP) is 3.33. The highest BCUT2D eigenvalue weighted by atomic mass is 16.5. The monoisotopic (exact) mass is 521 g/mol. The second kappa shape index (κ2) is 12.4. The van der Waals surface area contributed by atoms with Gasteiger partial charge in [-0.1, -0.05) is 54.6 Å². The third-order valence-electron chi connectivity index (χ3n) is 8.00. The zero-order valence-electron chi connectivity index (χ0n) is 23.0. The Hall–Kier alpha value is -2.74. The highest BCUT2D eigenvalue weighted by Gasteiger charge is 2.42. The molecule has 1 spiro atoms. The van der Waals surface area contributed by atoms with Crippen LogP contribution in [-0.2, 0) is 32.8 Å². The summed E-state index contributed by atoms with van der Waals surface area (Å²) in [5, 5.41) is 15.8. The van der Waals surface area contributed by atoms with Gasteiger partial charge in [0.15, 0.2) is 0 Å². The number of aliphatic hydroxyl groups is 1. The minimum absolute atomic E-state index is 0.0812. The van der Waals surface area contributed by atoms with Gasteiger partial charge in [-0.2, -0.15) is 0 Å². The molecule has 7 nitrogen and oxygen atoms in total. The maximum absolute atomic E-state index is 13.7. The number of ether oxygens (including phenoxy) is 1. The number of likely N-dealkylation sites (tertiary alicyclic amines) is 1. The van der Waals surface area contributed by atoms with Crippen LogP contribution in [0.3, 0.4) is 0 Å². The van der Waals surface area contributed by atoms with Crippen LogP contribution in [0.4, 0.5) is 0 Å². The van der Waals surface area contributed by atoms with Crippen molar-refractivity contribution in [3.8, 4) is 0 Å². The molecule has 1 aliphatic carbocycles. The number of aryl methyl sites for hydroxylation is 1. The van der Waals surface area contributed by atoms with Crippen molar-refractivity contribution in [3.63, 3.8) is 0 Å². The molecule has 7 heteroatoms. The summed E-state index contributed by atoms with van der Waals surface area (Å²) in [7, 11) is 0. The lowest BCUT2D eigenvalue weighted by Gasteiger charge is -2.41. The Bertz CT molecular complexity index is 1080. The maximum atomic E-state index is 13.7. The summed E-state index contributed by atoms with van der Waals surface area (Å²) in [6, 6.07) is 17.8. The second-order valence-electron chi connectivity index (χ2n) is 11.7. The summed E-state index contributed by atoms with van der Waals surface area (Å²) in [6.45, 7) is 7.78. The molecule has 0 bridgehead atoms. The fourth-order valence-electron chi connectivity index (χ4n) is 5.84. The van der Waals surface area contributed by atoms with Crippen molar-refractivity contribution in [2.24, 2.45) is 0 Å². The molecule has 3 N–H and O–H groups in total. The van der Waals surface area contributed by atoms with Crippen molar-refractivity contribution >= 4 is 11.8 Å². The average Bonchev–Trinajstić information content (AvgIpc) is 3.25. The van der Waals surface area contributed by atoms with E-state index in [0.717, 1.165) is 31.2 Å². The zero-order valence-corrected chi connectivity index (χ0v) is 23.0. The van der Waals surface area contributed by atoms with E-state index < -0.39 is 17.7 Å². The van der Waals surface area contributed by atoms with Crippen molar-refractivity contribution < 1.29 is 19.4 Å². The zero-order chi connectivity index (χ0) is 27.2. The standard InChI is InChI=1S/C31H43N3O4/c1-23(35)20-32-30(2,3)19-28(36)33-27(22-38-21-24-9-5-4-6-10-24)29(37)34-17-15-31(16-18-34)14-13-25-11-7-8-12-26(25)31/h4-12,23,27,32,35H,13-22H2,1-3H3,(H,33,36)/t23-,27-/m1/s1. The normalized spacial score (nSPS) is 18.2. The number of carbonyl (C=O) groups excluding carboxylic acids is 2. The average molecular weight is 522 g/mol. The molecule has 4 rings (SSSR count). The Morgan fingerprint density at radius 2 is 1.74 bits per heavy atom. The van der Waals surface area contributed by atoms with Gasteiger partial charge in [0.05, 0.1) is 19.3 Å². The second-order valence-corrected chi connectivity index (χ2v) is 11.7. The fraction of sp³-hybridized carbons (Fsp3) is 0.548. The fourth-order valence-corrected chi connectivity index (χ4v) is 5.84. The van der Waals surface area contributed by atoms with Crippen LogP contribution in [0.15, 0.2) is 54.6 Å². The molecule has 2 amide bonds. The molecule has 2 aromatic rings. The molecule has 206 valence electrons. The maximum Gasteiger partial charge on any atom is 0.247 e. The molecule has 2 atom stereocenters. The third-order valence-corrected chi connectivity index (χ3v) is 8.00. The summed E-state index contributed by atoms with van der Waals surface area (Å²) in [5.74, 6) is -0.296. The lowest BCUT2D eigenvalue weighted by Crippen LogP contribution is -2.55. The van der Waals surface area contributed by atoms with Crippen LogP contribution in [0.25, 0.3) is 0 Å². The lowest BCUT2D eigenvalue weighted by molar-refractivity contribution is -0.140. The number of nitrogens with zero attached hydrogens (tertiary/aromatic N) is 1. The molecule has 1 fully saturated rings. The Morgan fingerprint density at radius 3 is 2.45 bits per heavy atom. The third kappa shape index (κ3) is 7.22. The number of carbonyl (C=O) groups is 2. The molecular formula is C31H43N3O4. The lowest BCUT2D eigenvalue weighted by atomic mass is 9.74. The van der Waals surface area contributed by atoms with Gasteiger partial charge in [0.2, 0.25) is 11.8 Å². The summed E-state index contributed by atoms with van der Waals surface area (Å²) in [6.07, 6.45) is 3.81. The van der Waals surface area contributed by atoms with Crippen molar-refractivity contribution in [2.45, 2.75) is 82.6 Å². The van der Waals surface area contributed by atoms with Crippen molar-refractivity contribution in [2.75, 3.05) is 26.2 Å². The van der Waals surface area contributed by atoms with Gasteiger partial charge in [-0.15, -0.1) is 0 Å². The van der Waals surface area contributed by atoms with Gasteiger partial charge < -0.3 is 25.4 Å². The van der Waals surface area contributed by atoms with E-state index in [1.54, 1.807) is 6.92 Å². The molecule has 1 aliphatic heterocycles. The van der Waals surface area contributed by atoms with E-state index in [1.807, 2.05) is 49.1 Å².